The van der Waals surface area contributed by atoms with Crippen LogP contribution in [0.15, 0.2) is 0 Å². The summed E-state index contributed by atoms with van der Waals surface area (Å²) in [5.41, 5.74) is 5.59. The lowest BCUT2D eigenvalue weighted by atomic mass is 9.97. The van der Waals surface area contributed by atoms with Gasteiger partial charge in [-0.1, -0.05) is 20.3 Å². The lowest BCUT2D eigenvalue weighted by Gasteiger charge is -2.28. The van der Waals surface area contributed by atoms with E-state index in [9.17, 15) is 29.1 Å². The van der Waals surface area contributed by atoms with Crippen molar-refractivity contribution in [2.24, 2.45) is 11.7 Å². The normalized spacial score (nSPS) is 15.9. The Morgan fingerprint density at radius 3 is 1.90 bits per heavy atom. The van der Waals surface area contributed by atoms with Crippen LogP contribution in [0.25, 0.3) is 0 Å². The molecule has 0 heterocycles. The molecule has 8 N–H and O–H groups in total. The number of rotatable bonds is 13. The molecule has 0 rings (SSSR count). The van der Waals surface area contributed by atoms with Crippen molar-refractivity contribution in [3.8, 4) is 0 Å². The van der Waals surface area contributed by atoms with Crippen LogP contribution in [0.1, 0.15) is 40.0 Å². The van der Waals surface area contributed by atoms with Crippen molar-refractivity contribution < 1.29 is 39.3 Å². The fourth-order valence-electron chi connectivity index (χ4n) is 2.29. The highest BCUT2D eigenvalue weighted by Gasteiger charge is 2.33. The zero-order chi connectivity index (χ0) is 22.7. The van der Waals surface area contributed by atoms with E-state index in [4.69, 9.17) is 15.9 Å². The summed E-state index contributed by atoms with van der Waals surface area (Å²) in [6, 6.07) is -3.74. The fraction of sp³-hybridized carbons (Fsp3) is 0.706. The van der Waals surface area contributed by atoms with Crippen molar-refractivity contribution >= 4 is 29.7 Å². The van der Waals surface area contributed by atoms with Gasteiger partial charge >= 0.3 is 11.9 Å². The minimum absolute atomic E-state index is 0.164. The number of hydrogen-bond donors (Lipinski definition) is 7. The molecule has 166 valence electrons. The number of carboxylic acids is 2. The smallest absolute Gasteiger partial charge is 0.322 e. The highest BCUT2D eigenvalue weighted by atomic mass is 16.4. The summed E-state index contributed by atoms with van der Waals surface area (Å²) in [6.07, 6.45) is -1.37. The largest absolute Gasteiger partial charge is 0.481 e. The molecule has 0 saturated carbocycles. The number of carboxylic acid groups (broad SMARTS) is 2. The minimum Gasteiger partial charge on any atom is -0.481 e. The molecular formula is C17H30N4O8. The average Bonchev–Trinajstić information content (AvgIpc) is 2.64. The summed E-state index contributed by atoms with van der Waals surface area (Å²) in [5, 5.41) is 34.0. The topological polar surface area (TPSA) is 208 Å². The van der Waals surface area contributed by atoms with Crippen LogP contribution in [-0.2, 0) is 24.0 Å². The van der Waals surface area contributed by atoms with E-state index in [1.54, 1.807) is 13.8 Å². The second-order valence-electron chi connectivity index (χ2n) is 6.75. The van der Waals surface area contributed by atoms with Gasteiger partial charge in [-0.05, 0) is 19.3 Å². The van der Waals surface area contributed by atoms with Gasteiger partial charge in [0.2, 0.25) is 17.7 Å². The molecule has 0 aromatic heterocycles. The molecule has 29 heavy (non-hydrogen) atoms. The van der Waals surface area contributed by atoms with E-state index in [2.05, 4.69) is 16.0 Å². The number of aliphatic hydroxyl groups excluding tert-OH is 1. The van der Waals surface area contributed by atoms with Crippen LogP contribution in [0.4, 0.5) is 0 Å². The van der Waals surface area contributed by atoms with Gasteiger partial charge in [0.15, 0.2) is 0 Å². The molecule has 0 radical (unpaired) electrons. The van der Waals surface area contributed by atoms with E-state index in [0.29, 0.717) is 6.42 Å². The Morgan fingerprint density at radius 1 is 0.897 bits per heavy atom. The van der Waals surface area contributed by atoms with Gasteiger partial charge in [0.25, 0.3) is 0 Å². The Hall–Kier alpha value is -2.73. The highest BCUT2D eigenvalue weighted by Crippen LogP contribution is 2.09. The molecule has 0 aliphatic carbocycles. The van der Waals surface area contributed by atoms with Gasteiger partial charge in [0, 0.05) is 6.42 Å². The molecular weight excluding hydrogens is 388 g/mol. The fourth-order valence-corrected chi connectivity index (χ4v) is 2.29. The molecule has 0 aromatic carbocycles. The Labute approximate surface area is 168 Å². The summed E-state index contributed by atoms with van der Waals surface area (Å²) in [5.74, 6) is -5.17. The second-order valence-corrected chi connectivity index (χ2v) is 6.75. The van der Waals surface area contributed by atoms with E-state index >= 15 is 0 Å². The summed E-state index contributed by atoms with van der Waals surface area (Å²) >= 11 is 0. The van der Waals surface area contributed by atoms with Crippen LogP contribution in [0.2, 0.25) is 0 Å². The molecule has 0 spiro atoms. The predicted octanol–water partition coefficient (Wildman–Crippen LogP) is -2.22. The van der Waals surface area contributed by atoms with Gasteiger partial charge in [0.1, 0.15) is 18.6 Å². The van der Waals surface area contributed by atoms with Crippen LogP contribution in [-0.4, -0.2) is 75.8 Å². The van der Waals surface area contributed by atoms with Gasteiger partial charge in [-0.2, -0.15) is 0 Å². The molecule has 5 atom stereocenters. The van der Waals surface area contributed by atoms with E-state index in [-0.39, 0.29) is 18.8 Å². The monoisotopic (exact) mass is 418 g/mol. The van der Waals surface area contributed by atoms with Gasteiger partial charge < -0.3 is 37.0 Å². The van der Waals surface area contributed by atoms with E-state index in [1.807, 2.05) is 0 Å². The zero-order valence-corrected chi connectivity index (χ0v) is 16.7. The molecule has 3 amide bonds. The zero-order valence-electron chi connectivity index (χ0n) is 16.7. The van der Waals surface area contributed by atoms with Crippen LogP contribution >= 0.6 is 0 Å². The third kappa shape index (κ3) is 9.85. The number of carbonyl (C=O) groups excluding carboxylic acids is 3. The van der Waals surface area contributed by atoms with Crippen LogP contribution in [0.3, 0.4) is 0 Å². The maximum atomic E-state index is 12.6. The SMILES string of the molecule is CCC(C)C(NC(=O)C(NC(=O)C(N)CCC(=O)O)C(C)O)C(=O)NCC(=O)O. The second kappa shape index (κ2) is 12.7. The molecule has 0 saturated heterocycles. The third-order valence-corrected chi connectivity index (χ3v) is 4.28. The lowest BCUT2D eigenvalue weighted by molar-refractivity contribution is -0.139. The van der Waals surface area contributed by atoms with E-state index in [0.717, 1.165) is 0 Å². The van der Waals surface area contributed by atoms with Crippen LogP contribution in [0, 0.1) is 5.92 Å². The van der Waals surface area contributed by atoms with Gasteiger partial charge in [0.05, 0.1) is 12.1 Å². The molecule has 12 nitrogen and oxygen atoms in total. The average molecular weight is 418 g/mol. The third-order valence-electron chi connectivity index (χ3n) is 4.28. The number of carbonyl (C=O) groups is 5. The summed E-state index contributed by atoms with van der Waals surface area (Å²) in [6.45, 7) is 4.06. The van der Waals surface area contributed by atoms with Crippen molar-refractivity contribution in [3.05, 3.63) is 0 Å². The summed E-state index contributed by atoms with van der Waals surface area (Å²) < 4.78 is 0. The highest BCUT2D eigenvalue weighted by molar-refractivity contribution is 5.94. The molecule has 12 heteroatoms. The van der Waals surface area contributed by atoms with E-state index < -0.39 is 60.4 Å². The molecule has 0 aliphatic heterocycles. The van der Waals surface area contributed by atoms with Gasteiger partial charge in [-0.25, -0.2) is 0 Å². The number of amides is 3. The molecule has 0 aromatic rings. The number of aliphatic carboxylic acids is 2. The molecule has 0 fully saturated rings. The number of hydrogen-bond acceptors (Lipinski definition) is 7. The quantitative estimate of drug-likeness (QED) is 0.172. The Bertz CT molecular complexity index is 610. The standard InChI is InChI=1S/C17H30N4O8/c1-4-8(2)13(16(28)19-7-12(25)26)20-17(29)14(9(3)22)21-15(27)10(18)5-6-11(23)24/h8-10,13-14,22H,4-7,18H2,1-3H3,(H,19,28)(H,20,29)(H,21,27)(H,23,24)(H,25,26). The molecule has 0 bridgehead atoms. The maximum absolute atomic E-state index is 12.6. The van der Waals surface area contributed by atoms with Crippen LogP contribution < -0.4 is 21.7 Å². The van der Waals surface area contributed by atoms with Crippen molar-refractivity contribution in [2.45, 2.75) is 64.3 Å². The first-order chi connectivity index (χ1) is 13.4. The molecule has 0 aliphatic rings. The van der Waals surface area contributed by atoms with Crippen molar-refractivity contribution in [3.63, 3.8) is 0 Å². The summed E-state index contributed by atoms with van der Waals surface area (Å²) in [7, 11) is 0. The molecule has 5 unspecified atom stereocenters. The summed E-state index contributed by atoms with van der Waals surface area (Å²) in [4.78, 5) is 58.1. The van der Waals surface area contributed by atoms with Crippen molar-refractivity contribution in [1.82, 2.24) is 16.0 Å². The van der Waals surface area contributed by atoms with Gasteiger partial charge in [-0.3, -0.25) is 24.0 Å². The Kier molecular flexibility index (Phi) is 11.5. The predicted molar refractivity (Wildman–Crippen MR) is 100 cm³/mol. The number of nitrogens with one attached hydrogen (secondary N) is 3. The van der Waals surface area contributed by atoms with Gasteiger partial charge in [-0.15, -0.1) is 0 Å². The van der Waals surface area contributed by atoms with E-state index in [1.165, 1.54) is 6.92 Å². The minimum atomic E-state index is -1.45. The lowest BCUT2D eigenvalue weighted by Crippen LogP contribution is -2.60. The Morgan fingerprint density at radius 2 is 1.45 bits per heavy atom. The number of nitrogens with two attached hydrogens (primary N) is 1. The van der Waals surface area contributed by atoms with Crippen molar-refractivity contribution in [2.75, 3.05) is 6.54 Å². The maximum Gasteiger partial charge on any atom is 0.322 e. The Balaban J connectivity index is 5.18. The number of aliphatic hydroxyl groups is 1. The van der Waals surface area contributed by atoms with Crippen LogP contribution in [0.5, 0.6) is 0 Å². The first kappa shape index (κ1) is 26.3. The first-order valence-corrected chi connectivity index (χ1v) is 9.16. The van der Waals surface area contributed by atoms with Crippen molar-refractivity contribution in [1.29, 1.82) is 0 Å². The first-order valence-electron chi connectivity index (χ1n) is 9.16.